The molecule has 0 saturated carbocycles. The summed E-state index contributed by atoms with van der Waals surface area (Å²) >= 11 is 0. The fourth-order valence-corrected chi connectivity index (χ4v) is 3.41. The second kappa shape index (κ2) is 25.8. The molecule has 0 fully saturated rings. The number of unbranched alkanes of at least 4 members (excludes halogenated alkanes) is 14. The van der Waals surface area contributed by atoms with Gasteiger partial charge in [-0.1, -0.05) is 96.8 Å². The van der Waals surface area contributed by atoms with Crippen LogP contribution in [-0.2, 0) is 13.9 Å². The average molecular weight is 451 g/mol. The van der Waals surface area contributed by atoms with Gasteiger partial charge in [-0.15, -0.1) is 0 Å². The summed E-state index contributed by atoms with van der Waals surface area (Å²) < 4.78 is 14.3. The predicted molar refractivity (Wildman–Crippen MR) is 106 cm³/mol. The van der Waals surface area contributed by atoms with Gasteiger partial charge in [-0.3, -0.25) is 4.79 Å². The summed E-state index contributed by atoms with van der Waals surface area (Å²) in [6.45, 7) is 2.01. The van der Waals surface area contributed by atoms with Gasteiger partial charge in [0.25, 0.3) is 0 Å². The Kier molecular flexibility index (Phi) is 31.3. The van der Waals surface area contributed by atoms with Crippen LogP contribution in [0.1, 0.15) is 110 Å². The first kappa shape index (κ1) is 35.2. The van der Waals surface area contributed by atoms with Gasteiger partial charge in [-0.2, -0.15) is 0 Å². The van der Waals surface area contributed by atoms with E-state index in [4.69, 9.17) is 0 Å². The van der Waals surface area contributed by atoms with E-state index in [-0.39, 0.29) is 78.2 Å². The number of nitrogens with one attached hydrogen (secondary N) is 1. The molecule has 0 aliphatic heterocycles. The molecule has 0 aliphatic carbocycles. The fourth-order valence-electron chi connectivity index (χ4n) is 3.09. The Morgan fingerprint density at radius 1 is 0.759 bits per heavy atom. The van der Waals surface area contributed by atoms with Crippen molar-refractivity contribution >= 4 is 13.7 Å². The second-order valence-corrected chi connectivity index (χ2v) is 8.48. The van der Waals surface area contributed by atoms with E-state index in [2.05, 4.69) is 16.8 Å². The Labute approximate surface area is 222 Å². The Hall–Kier alpha value is 1.58. The predicted octanol–water partition coefficient (Wildman–Crippen LogP) is -1.78. The number of phosphoric ester groups is 1. The van der Waals surface area contributed by atoms with Crippen molar-refractivity contribution in [3.05, 3.63) is 0 Å². The van der Waals surface area contributed by atoms with Gasteiger partial charge >= 0.3 is 59.1 Å². The normalized spacial score (nSPS) is 10.9. The van der Waals surface area contributed by atoms with Crippen molar-refractivity contribution in [2.75, 3.05) is 13.2 Å². The van der Waals surface area contributed by atoms with Gasteiger partial charge in [0.1, 0.15) is 0 Å². The van der Waals surface area contributed by atoms with Crippen LogP contribution in [0, 0.1) is 0 Å². The van der Waals surface area contributed by atoms with Crippen LogP contribution in [0.5, 0.6) is 0 Å². The van der Waals surface area contributed by atoms with Crippen molar-refractivity contribution in [3.8, 4) is 0 Å². The minimum atomic E-state index is -4.93. The summed E-state index contributed by atoms with van der Waals surface area (Å²) in [6.07, 6.45) is 19.7. The minimum Gasteiger partial charge on any atom is -0.790 e. The van der Waals surface area contributed by atoms with E-state index in [0.717, 1.165) is 19.3 Å². The van der Waals surface area contributed by atoms with Crippen LogP contribution in [-0.4, -0.2) is 19.1 Å². The number of rotatable bonds is 20. The second-order valence-electron chi connectivity index (χ2n) is 7.33. The van der Waals surface area contributed by atoms with Crippen molar-refractivity contribution in [2.24, 2.45) is 0 Å². The average Bonchev–Trinajstić information content (AvgIpc) is 2.61. The zero-order valence-corrected chi connectivity index (χ0v) is 24.1. The van der Waals surface area contributed by atoms with Crippen LogP contribution in [0.2, 0.25) is 0 Å². The third-order valence-electron chi connectivity index (χ3n) is 4.68. The van der Waals surface area contributed by atoms with Crippen molar-refractivity contribution in [3.63, 3.8) is 0 Å². The molecule has 29 heavy (non-hydrogen) atoms. The van der Waals surface area contributed by atoms with Crippen molar-refractivity contribution in [1.82, 2.24) is 5.32 Å². The van der Waals surface area contributed by atoms with Crippen LogP contribution >= 0.6 is 7.82 Å². The fraction of sp³-hybridized carbons (Fsp3) is 0.950. The summed E-state index contributed by atoms with van der Waals surface area (Å²) in [5.41, 5.74) is 0. The van der Waals surface area contributed by atoms with Gasteiger partial charge < -0.3 is 24.2 Å². The number of carbonyl (C=O) groups excluding carboxylic acids is 1. The van der Waals surface area contributed by atoms with Crippen molar-refractivity contribution in [1.29, 1.82) is 0 Å². The standard InChI is InChI=1S/C20H42NO5P.2Na/c1-2-3-4-5-6-7-8-9-10-11-12-13-14-15-16-17-20(22)21-18-19-26-27(23,24)25;;/h2-19H2,1H3,(H,21,22)(H2,23,24,25);;/q;2*+1/p-2. The molecule has 1 N–H and O–H groups in total. The van der Waals surface area contributed by atoms with Gasteiger partial charge in [-0.05, 0) is 6.42 Å². The molecule has 0 rings (SSSR count). The quantitative estimate of drug-likeness (QED) is 0.134. The van der Waals surface area contributed by atoms with Gasteiger partial charge in [0, 0.05) is 13.0 Å². The molecule has 0 saturated heterocycles. The third kappa shape index (κ3) is 31.8. The molecular formula is C20H40NNa2O5P. The molecule has 0 radical (unpaired) electrons. The number of hydrogen-bond donors (Lipinski definition) is 1. The molecule has 0 bridgehead atoms. The Morgan fingerprint density at radius 2 is 1.14 bits per heavy atom. The number of carbonyl (C=O) groups is 1. The number of amides is 1. The monoisotopic (exact) mass is 451 g/mol. The number of phosphoric acid groups is 1. The molecule has 0 aromatic heterocycles. The molecule has 0 spiro atoms. The van der Waals surface area contributed by atoms with Gasteiger partial charge in [0.2, 0.25) is 5.91 Å². The molecule has 0 aromatic carbocycles. The Morgan fingerprint density at radius 3 is 1.52 bits per heavy atom. The van der Waals surface area contributed by atoms with Crippen LogP contribution in [0.25, 0.3) is 0 Å². The molecule has 1 amide bonds. The van der Waals surface area contributed by atoms with E-state index in [0.29, 0.717) is 6.42 Å². The van der Waals surface area contributed by atoms with Crippen molar-refractivity contribution in [2.45, 2.75) is 110 Å². The number of hydrogen-bond acceptors (Lipinski definition) is 5. The van der Waals surface area contributed by atoms with Gasteiger partial charge in [0.05, 0.1) is 14.4 Å². The molecule has 0 aromatic rings. The molecule has 0 heterocycles. The molecule has 6 nitrogen and oxygen atoms in total. The van der Waals surface area contributed by atoms with Crippen LogP contribution in [0.15, 0.2) is 0 Å². The largest absolute Gasteiger partial charge is 1.00 e. The summed E-state index contributed by atoms with van der Waals surface area (Å²) in [6, 6.07) is 0. The first-order valence-corrected chi connectivity index (χ1v) is 12.3. The van der Waals surface area contributed by atoms with Crippen LogP contribution < -0.4 is 74.2 Å². The molecule has 9 heteroatoms. The summed E-state index contributed by atoms with van der Waals surface area (Å²) in [5.74, 6) is -0.125. The van der Waals surface area contributed by atoms with E-state index in [9.17, 15) is 19.1 Å². The summed E-state index contributed by atoms with van der Waals surface area (Å²) in [5, 5.41) is 2.54. The van der Waals surface area contributed by atoms with E-state index in [1.54, 1.807) is 0 Å². The first-order valence-electron chi connectivity index (χ1n) is 10.9. The zero-order chi connectivity index (χ0) is 20.2. The maximum atomic E-state index is 11.5. The SMILES string of the molecule is CCCCCCCCCCCCCCCCCC(=O)NCCOP(=O)([O-])[O-].[Na+].[Na+]. The minimum absolute atomic E-state index is 0. The first-order chi connectivity index (χ1) is 13.0. The Balaban J connectivity index is -0.00000338. The maximum absolute atomic E-state index is 11.5. The molecule has 162 valence electrons. The molecule has 0 atom stereocenters. The Bertz CT molecular complexity index is 397. The summed E-state index contributed by atoms with van der Waals surface area (Å²) in [7, 11) is -4.93. The zero-order valence-electron chi connectivity index (χ0n) is 19.2. The smallest absolute Gasteiger partial charge is 0.790 e. The van der Waals surface area contributed by atoms with E-state index in [1.165, 1.54) is 77.0 Å². The maximum Gasteiger partial charge on any atom is 1.00 e. The van der Waals surface area contributed by atoms with Crippen molar-refractivity contribution < 1.29 is 82.8 Å². The summed E-state index contributed by atoms with van der Waals surface area (Å²) in [4.78, 5) is 32.0. The van der Waals surface area contributed by atoms with E-state index >= 15 is 0 Å². The molecular weight excluding hydrogens is 411 g/mol. The van der Waals surface area contributed by atoms with Gasteiger partial charge in [0.15, 0.2) is 0 Å². The van der Waals surface area contributed by atoms with E-state index < -0.39 is 7.82 Å². The third-order valence-corrected chi connectivity index (χ3v) is 5.18. The topological polar surface area (TPSA) is 102 Å². The molecule has 0 aliphatic rings. The van der Waals surface area contributed by atoms with Gasteiger partial charge in [-0.25, -0.2) is 0 Å². The van der Waals surface area contributed by atoms with Crippen LogP contribution in [0.3, 0.4) is 0 Å². The van der Waals surface area contributed by atoms with E-state index in [1.807, 2.05) is 0 Å². The van der Waals surface area contributed by atoms with Crippen LogP contribution in [0.4, 0.5) is 0 Å². The molecule has 0 unspecified atom stereocenters.